The van der Waals surface area contributed by atoms with E-state index < -0.39 is 6.29 Å². The molecule has 0 aliphatic rings. The third kappa shape index (κ3) is 4.47. The number of nitrogens with one attached hydrogen (secondary N) is 1. The molecule has 0 saturated heterocycles. The molecule has 0 bridgehead atoms. The van der Waals surface area contributed by atoms with Gasteiger partial charge in [-0.3, -0.25) is 4.79 Å². The van der Waals surface area contributed by atoms with Crippen LogP contribution in [-0.2, 0) is 16.0 Å². The molecule has 1 amide bonds. The number of amides is 1. The molecule has 0 radical (unpaired) electrons. The van der Waals surface area contributed by atoms with Gasteiger partial charge in [-0.15, -0.1) is 0 Å². The number of carbonyl (C=O) groups is 1. The highest BCUT2D eigenvalue weighted by atomic mass is 16.8. The van der Waals surface area contributed by atoms with Gasteiger partial charge in [0.15, 0.2) is 6.29 Å². The van der Waals surface area contributed by atoms with Gasteiger partial charge in [0, 0.05) is 12.2 Å². The third-order valence-electron chi connectivity index (χ3n) is 2.59. The fraction of sp³-hybridized carbons (Fsp3) is 0.500. The normalized spacial score (nSPS) is 12.2. The van der Waals surface area contributed by atoms with Crippen LogP contribution >= 0.6 is 0 Å². The van der Waals surface area contributed by atoms with E-state index in [2.05, 4.69) is 12.4 Å². The number of aryl methyl sites for hydroxylation is 1. The van der Waals surface area contributed by atoms with Crippen LogP contribution in [0, 0.1) is 0 Å². The maximum atomic E-state index is 11.8. The second-order valence-electron chi connectivity index (χ2n) is 3.89. The van der Waals surface area contributed by atoms with Gasteiger partial charge < -0.3 is 4.74 Å². The van der Waals surface area contributed by atoms with Gasteiger partial charge >= 0.3 is 0 Å². The van der Waals surface area contributed by atoms with E-state index in [0.717, 1.165) is 6.42 Å². The Morgan fingerprint density at radius 2 is 1.89 bits per heavy atom. The highest BCUT2D eigenvalue weighted by Crippen LogP contribution is 2.05. The Hall–Kier alpha value is -1.39. The van der Waals surface area contributed by atoms with E-state index in [1.54, 1.807) is 12.1 Å². The molecule has 100 valence electrons. The first-order chi connectivity index (χ1) is 8.71. The lowest BCUT2D eigenvalue weighted by molar-refractivity contribution is -0.167. The van der Waals surface area contributed by atoms with Gasteiger partial charge in [-0.05, 0) is 37.5 Å². The molecule has 0 saturated carbocycles. The SMILES string of the molecule is CCOC(CC)ONC(=O)c1ccc(CC)cc1. The van der Waals surface area contributed by atoms with Crippen molar-refractivity contribution >= 4 is 5.91 Å². The van der Waals surface area contributed by atoms with Crippen LogP contribution in [0.3, 0.4) is 0 Å². The first-order valence-electron chi connectivity index (χ1n) is 6.37. The smallest absolute Gasteiger partial charge is 0.274 e. The summed E-state index contributed by atoms with van der Waals surface area (Å²) in [6.45, 7) is 6.45. The van der Waals surface area contributed by atoms with Crippen molar-refractivity contribution in [2.75, 3.05) is 6.61 Å². The van der Waals surface area contributed by atoms with E-state index in [1.165, 1.54) is 5.56 Å². The number of ether oxygens (including phenoxy) is 1. The Morgan fingerprint density at radius 1 is 1.22 bits per heavy atom. The lowest BCUT2D eigenvalue weighted by Gasteiger charge is -2.15. The quantitative estimate of drug-likeness (QED) is 0.598. The molecule has 1 aromatic rings. The van der Waals surface area contributed by atoms with Crippen LogP contribution < -0.4 is 5.48 Å². The lowest BCUT2D eigenvalue weighted by Crippen LogP contribution is -2.30. The average Bonchev–Trinajstić information content (AvgIpc) is 2.43. The first-order valence-corrected chi connectivity index (χ1v) is 6.37. The Bertz CT molecular complexity index is 362. The van der Waals surface area contributed by atoms with Crippen molar-refractivity contribution in [3.63, 3.8) is 0 Å². The number of benzene rings is 1. The summed E-state index contributed by atoms with van der Waals surface area (Å²) in [6, 6.07) is 7.46. The van der Waals surface area contributed by atoms with Crippen molar-refractivity contribution in [2.45, 2.75) is 39.9 Å². The maximum absolute atomic E-state index is 11.8. The zero-order valence-corrected chi connectivity index (χ0v) is 11.2. The number of rotatable bonds is 7. The molecule has 1 atom stereocenters. The van der Waals surface area contributed by atoms with Crippen molar-refractivity contribution in [1.82, 2.24) is 5.48 Å². The minimum absolute atomic E-state index is 0.254. The molecule has 0 aliphatic heterocycles. The van der Waals surface area contributed by atoms with E-state index in [1.807, 2.05) is 26.0 Å². The molecule has 0 aliphatic carbocycles. The molecule has 4 heteroatoms. The van der Waals surface area contributed by atoms with E-state index in [-0.39, 0.29) is 5.91 Å². The molecule has 0 spiro atoms. The summed E-state index contributed by atoms with van der Waals surface area (Å²) in [5.41, 5.74) is 4.19. The molecular weight excluding hydrogens is 230 g/mol. The molecular formula is C14H21NO3. The summed E-state index contributed by atoms with van der Waals surface area (Å²) in [4.78, 5) is 17.0. The summed E-state index contributed by atoms with van der Waals surface area (Å²) in [6.07, 6.45) is 1.25. The van der Waals surface area contributed by atoms with Gasteiger partial charge in [-0.1, -0.05) is 26.0 Å². The third-order valence-corrected chi connectivity index (χ3v) is 2.59. The van der Waals surface area contributed by atoms with Crippen LogP contribution in [0.2, 0.25) is 0 Å². The van der Waals surface area contributed by atoms with E-state index in [4.69, 9.17) is 9.57 Å². The minimum atomic E-state index is -0.395. The lowest BCUT2D eigenvalue weighted by atomic mass is 10.1. The van der Waals surface area contributed by atoms with Gasteiger partial charge in [0.1, 0.15) is 0 Å². The van der Waals surface area contributed by atoms with Crippen molar-refractivity contribution in [2.24, 2.45) is 0 Å². The van der Waals surface area contributed by atoms with Gasteiger partial charge in [0.2, 0.25) is 0 Å². The monoisotopic (exact) mass is 251 g/mol. The zero-order chi connectivity index (χ0) is 13.4. The van der Waals surface area contributed by atoms with Crippen molar-refractivity contribution in [3.8, 4) is 0 Å². The van der Waals surface area contributed by atoms with E-state index in [0.29, 0.717) is 18.6 Å². The molecule has 1 rings (SSSR count). The van der Waals surface area contributed by atoms with Crippen LogP contribution in [0.15, 0.2) is 24.3 Å². The Kier molecular flexibility index (Phi) is 6.39. The Morgan fingerprint density at radius 3 is 2.39 bits per heavy atom. The Balaban J connectivity index is 2.48. The van der Waals surface area contributed by atoms with Gasteiger partial charge in [0.25, 0.3) is 5.91 Å². The summed E-state index contributed by atoms with van der Waals surface area (Å²) >= 11 is 0. The fourth-order valence-corrected chi connectivity index (χ4v) is 1.49. The standard InChI is InChI=1S/C14H21NO3/c1-4-11-7-9-12(10-8-11)14(16)15-18-13(5-2)17-6-3/h7-10,13H,4-6H2,1-3H3,(H,15,16). The number of hydroxylamine groups is 1. The van der Waals surface area contributed by atoms with Crippen molar-refractivity contribution in [3.05, 3.63) is 35.4 Å². The summed E-state index contributed by atoms with van der Waals surface area (Å²) < 4.78 is 5.28. The van der Waals surface area contributed by atoms with Gasteiger partial charge in [-0.25, -0.2) is 10.3 Å². The van der Waals surface area contributed by atoms with Crippen LogP contribution in [0.4, 0.5) is 0 Å². The average molecular weight is 251 g/mol. The second kappa shape index (κ2) is 7.84. The van der Waals surface area contributed by atoms with Crippen LogP contribution in [0.25, 0.3) is 0 Å². The second-order valence-corrected chi connectivity index (χ2v) is 3.89. The molecule has 0 fully saturated rings. The zero-order valence-electron chi connectivity index (χ0n) is 11.2. The molecule has 1 aromatic carbocycles. The Labute approximate surface area is 108 Å². The highest BCUT2D eigenvalue weighted by Gasteiger charge is 2.10. The van der Waals surface area contributed by atoms with Crippen molar-refractivity contribution < 1.29 is 14.4 Å². The first kappa shape index (κ1) is 14.7. The summed E-state index contributed by atoms with van der Waals surface area (Å²) in [7, 11) is 0. The molecule has 18 heavy (non-hydrogen) atoms. The molecule has 0 aromatic heterocycles. The predicted molar refractivity (Wildman–Crippen MR) is 70.1 cm³/mol. The van der Waals surface area contributed by atoms with Crippen LogP contribution in [-0.4, -0.2) is 18.8 Å². The molecule has 1 unspecified atom stereocenters. The highest BCUT2D eigenvalue weighted by molar-refractivity contribution is 5.93. The summed E-state index contributed by atoms with van der Waals surface area (Å²) in [5.74, 6) is -0.254. The largest absolute Gasteiger partial charge is 0.351 e. The van der Waals surface area contributed by atoms with Crippen LogP contribution in [0.1, 0.15) is 43.1 Å². The van der Waals surface area contributed by atoms with Gasteiger partial charge in [0.05, 0.1) is 0 Å². The van der Waals surface area contributed by atoms with Crippen molar-refractivity contribution in [1.29, 1.82) is 0 Å². The van der Waals surface area contributed by atoms with Gasteiger partial charge in [-0.2, -0.15) is 0 Å². The number of carbonyl (C=O) groups excluding carboxylic acids is 1. The predicted octanol–water partition coefficient (Wildman–Crippen LogP) is 2.68. The van der Waals surface area contributed by atoms with E-state index >= 15 is 0 Å². The van der Waals surface area contributed by atoms with Crippen LogP contribution in [0.5, 0.6) is 0 Å². The molecule has 0 heterocycles. The number of hydrogen-bond donors (Lipinski definition) is 1. The maximum Gasteiger partial charge on any atom is 0.274 e. The molecule has 4 nitrogen and oxygen atoms in total. The topological polar surface area (TPSA) is 47.6 Å². The summed E-state index contributed by atoms with van der Waals surface area (Å²) in [5, 5.41) is 0. The minimum Gasteiger partial charge on any atom is -0.351 e. The number of hydrogen-bond acceptors (Lipinski definition) is 3. The molecule has 1 N–H and O–H groups in total. The fourth-order valence-electron chi connectivity index (χ4n) is 1.49. The van der Waals surface area contributed by atoms with E-state index in [9.17, 15) is 4.79 Å².